The van der Waals surface area contributed by atoms with E-state index >= 15 is 0 Å². The van der Waals surface area contributed by atoms with Crippen molar-refractivity contribution in [2.45, 2.75) is 6.42 Å². The summed E-state index contributed by atoms with van der Waals surface area (Å²) >= 11 is 0. The van der Waals surface area contributed by atoms with Crippen LogP contribution < -0.4 is 4.74 Å². The Balaban J connectivity index is 2.09. The average molecular weight is 275 g/mol. The lowest BCUT2D eigenvalue weighted by Crippen LogP contribution is -2.07. The first-order valence-electron chi connectivity index (χ1n) is 5.95. The minimum absolute atomic E-state index is 0.0989. The van der Waals surface area contributed by atoms with E-state index in [1.807, 2.05) is 13.1 Å². The summed E-state index contributed by atoms with van der Waals surface area (Å²) in [6.07, 6.45) is 2.86. The Labute approximate surface area is 114 Å². The topological polar surface area (TPSA) is 87.3 Å². The smallest absolute Gasteiger partial charge is 0.310 e. The van der Waals surface area contributed by atoms with Crippen LogP contribution in [-0.2, 0) is 13.5 Å². The second-order valence-corrected chi connectivity index (χ2v) is 4.15. The highest BCUT2D eigenvalue weighted by Crippen LogP contribution is 2.27. The van der Waals surface area contributed by atoms with Crippen LogP contribution in [0.3, 0.4) is 0 Å². The van der Waals surface area contributed by atoms with Crippen molar-refractivity contribution in [2.24, 2.45) is 7.05 Å². The van der Waals surface area contributed by atoms with Crippen LogP contribution in [0.1, 0.15) is 16.1 Å². The predicted octanol–water partition coefficient (Wildman–Crippen LogP) is 1.76. The number of nitro benzene ring substituents is 1. The Hall–Kier alpha value is -2.70. The lowest BCUT2D eigenvalue weighted by molar-refractivity contribution is -0.385. The molecule has 0 bridgehead atoms. The van der Waals surface area contributed by atoms with E-state index in [0.717, 1.165) is 5.69 Å². The summed E-state index contributed by atoms with van der Waals surface area (Å²) < 4.78 is 7.14. The molecule has 1 aromatic heterocycles. The SMILES string of the molecule is Cn1nccc1CCOc1cc(C=O)ccc1[N+](=O)[O-]. The zero-order valence-electron chi connectivity index (χ0n) is 10.9. The standard InChI is InChI=1S/C13H13N3O4/c1-15-11(4-6-14-15)5-7-20-13-8-10(9-17)2-3-12(13)16(18)19/h2-4,6,8-9H,5,7H2,1H3. The molecule has 0 N–H and O–H groups in total. The van der Waals surface area contributed by atoms with Gasteiger partial charge < -0.3 is 4.74 Å². The minimum atomic E-state index is -0.534. The van der Waals surface area contributed by atoms with Crippen LogP contribution >= 0.6 is 0 Å². The molecule has 7 nitrogen and oxygen atoms in total. The Morgan fingerprint density at radius 3 is 2.85 bits per heavy atom. The number of aldehydes is 1. The number of aryl methyl sites for hydroxylation is 1. The highest BCUT2D eigenvalue weighted by Gasteiger charge is 2.15. The molecule has 0 saturated carbocycles. The fourth-order valence-electron chi connectivity index (χ4n) is 1.78. The van der Waals surface area contributed by atoms with E-state index in [1.54, 1.807) is 10.9 Å². The van der Waals surface area contributed by atoms with Gasteiger partial charge in [0, 0.05) is 37.0 Å². The molecule has 1 aromatic carbocycles. The number of aromatic nitrogens is 2. The van der Waals surface area contributed by atoms with Crippen molar-refractivity contribution in [3.63, 3.8) is 0 Å². The molecular weight excluding hydrogens is 262 g/mol. The summed E-state index contributed by atoms with van der Waals surface area (Å²) in [4.78, 5) is 21.1. The number of rotatable bonds is 6. The zero-order chi connectivity index (χ0) is 14.5. The average Bonchev–Trinajstić information content (AvgIpc) is 2.84. The molecule has 0 fully saturated rings. The van der Waals surface area contributed by atoms with E-state index < -0.39 is 4.92 Å². The van der Waals surface area contributed by atoms with Crippen molar-refractivity contribution in [1.29, 1.82) is 0 Å². The summed E-state index contributed by atoms with van der Waals surface area (Å²) in [5.74, 6) is 0.0989. The van der Waals surface area contributed by atoms with Crippen molar-refractivity contribution in [2.75, 3.05) is 6.61 Å². The Morgan fingerprint density at radius 1 is 1.45 bits per heavy atom. The van der Waals surface area contributed by atoms with Crippen LogP contribution in [0.25, 0.3) is 0 Å². The zero-order valence-corrected chi connectivity index (χ0v) is 10.9. The molecule has 7 heteroatoms. The highest BCUT2D eigenvalue weighted by atomic mass is 16.6. The molecule has 0 spiro atoms. The van der Waals surface area contributed by atoms with Gasteiger partial charge in [-0.05, 0) is 18.2 Å². The fourth-order valence-corrected chi connectivity index (χ4v) is 1.78. The third-order valence-corrected chi connectivity index (χ3v) is 2.85. The van der Waals surface area contributed by atoms with Crippen LogP contribution in [0.4, 0.5) is 5.69 Å². The molecule has 104 valence electrons. The first kappa shape index (κ1) is 13.7. The van der Waals surface area contributed by atoms with Crippen molar-refractivity contribution >= 4 is 12.0 Å². The largest absolute Gasteiger partial charge is 0.486 e. The maximum atomic E-state index is 10.9. The fraction of sp³-hybridized carbons (Fsp3) is 0.231. The minimum Gasteiger partial charge on any atom is -0.486 e. The van der Waals surface area contributed by atoms with Gasteiger partial charge in [0.25, 0.3) is 0 Å². The Bertz CT molecular complexity index is 636. The maximum Gasteiger partial charge on any atom is 0.310 e. The monoisotopic (exact) mass is 275 g/mol. The van der Waals surface area contributed by atoms with Gasteiger partial charge in [0.15, 0.2) is 5.75 Å². The summed E-state index contributed by atoms with van der Waals surface area (Å²) in [6.45, 7) is 0.267. The Kier molecular flexibility index (Phi) is 4.09. The number of carbonyl (C=O) groups excluding carboxylic acids is 1. The third kappa shape index (κ3) is 3.00. The summed E-state index contributed by atoms with van der Waals surface area (Å²) in [7, 11) is 1.81. The molecule has 0 unspecified atom stereocenters. The van der Waals surface area contributed by atoms with E-state index in [-0.39, 0.29) is 18.0 Å². The van der Waals surface area contributed by atoms with Crippen LogP contribution in [0.15, 0.2) is 30.5 Å². The molecular formula is C13H13N3O4. The van der Waals surface area contributed by atoms with Crippen LogP contribution in [0.5, 0.6) is 5.75 Å². The number of hydrogen-bond donors (Lipinski definition) is 0. The second kappa shape index (κ2) is 5.96. The van der Waals surface area contributed by atoms with Crippen molar-refractivity contribution in [1.82, 2.24) is 9.78 Å². The molecule has 0 aliphatic heterocycles. The molecule has 0 atom stereocenters. The molecule has 0 amide bonds. The van der Waals surface area contributed by atoms with Gasteiger partial charge in [-0.25, -0.2) is 0 Å². The summed E-state index contributed by atoms with van der Waals surface area (Å²) in [5, 5.41) is 14.9. The van der Waals surface area contributed by atoms with Gasteiger partial charge in [-0.1, -0.05) is 0 Å². The van der Waals surface area contributed by atoms with E-state index in [2.05, 4.69) is 5.10 Å². The van der Waals surface area contributed by atoms with Gasteiger partial charge in [-0.2, -0.15) is 5.10 Å². The first-order chi connectivity index (χ1) is 9.61. The quantitative estimate of drug-likeness (QED) is 0.455. The maximum absolute atomic E-state index is 10.9. The normalized spacial score (nSPS) is 10.2. The summed E-state index contributed by atoms with van der Waals surface area (Å²) in [6, 6.07) is 5.87. The van der Waals surface area contributed by atoms with Gasteiger partial charge >= 0.3 is 5.69 Å². The number of hydrogen-bond acceptors (Lipinski definition) is 5. The molecule has 20 heavy (non-hydrogen) atoms. The van der Waals surface area contributed by atoms with Crippen molar-refractivity contribution in [3.05, 3.63) is 51.8 Å². The van der Waals surface area contributed by atoms with E-state index in [4.69, 9.17) is 4.74 Å². The number of nitro groups is 1. The van der Waals surface area contributed by atoms with E-state index in [1.165, 1.54) is 18.2 Å². The van der Waals surface area contributed by atoms with E-state index in [9.17, 15) is 14.9 Å². The lowest BCUT2D eigenvalue weighted by atomic mass is 10.2. The molecule has 0 radical (unpaired) electrons. The molecule has 0 aliphatic rings. The predicted molar refractivity (Wildman–Crippen MR) is 70.9 cm³/mol. The number of ether oxygens (including phenoxy) is 1. The molecule has 2 rings (SSSR count). The van der Waals surface area contributed by atoms with Gasteiger partial charge in [0.1, 0.15) is 6.29 Å². The van der Waals surface area contributed by atoms with Gasteiger partial charge in [0.05, 0.1) is 11.5 Å². The number of benzene rings is 1. The lowest BCUT2D eigenvalue weighted by Gasteiger charge is -2.07. The molecule has 1 heterocycles. The third-order valence-electron chi connectivity index (χ3n) is 2.85. The number of carbonyl (C=O) groups is 1. The van der Waals surface area contributed by atoms with Crippen LogP contribution in [0.2, 0.25) is 0 Å². The van der Waals surface area contributed by atoms with Gasteiger partial charge in [-0.3, -0.25) is 19.6 Å². The van der Waals surface area contributed by atoms with Gasteiger partial charge in [0.2, 0.25) is 0 Å². The van der Waals surface area contributed by atoms with Gasteiger partial charge in [-0.15, -0.1) is 0 Å². The first-order valence-corrected chi connectivity index (χ1v) is 5.95. The van der Waals surface area contributed by atoms with Crippen molar-refractivity contribution in [3.8, 4) is 5.75 Å². The van der Waals surface area contributed by atoms with E-state index in [0.29, 0.717) is 18.3 Å². The summed E-state index contributed by atoms with van der Waals surface area (Å²) in [5.41, 5.74) is 1.14. The van der Waals surface area contributed by atoms with Crippen molar-refractivity contribution < 1.29 is 14.5 Å². The van der Waals surface area contributed by atoms with Crippen LogP contribution in [-0.4, -0.2) is 27.6 Å². The van der Waals surface area contributed by atoms with Crippen LogP contribution in [0, 0.1) is 10.1 Å². The molecule has 0 aliphatic carbocycles. The highest BCUT2D eigenvalue weighted by molar-refractivity contribution is 5.76. The molecule has 0 saturated heterocycles. The second-order valence-electron chi connectivity index (χ2n) is 4.15. The molecule has 2 aromatic rings. The Morgan fingerprint density at radius 2 is 2.25 bits per heavy atom. The number of nitrogens with zero attached hydrogens (tertiary/aromatic N) is 3.